The van der Waals surface area contributed by atoms with Gasteiger partial charge < -0.3 is 10.6 Å². The molecule has 80 valence electrons. The van der Waals surface area contributed by atoms with Gasteiger partial charge in [-0.15, -0.1) is 0 Å². The number of hydrogen-bond acceptors (Lipinski definition) is 2. The summed E-state index contributed by atoms with van der Waals surface area (Å²) < 4.78 is 0. The highest BCUT2D eigenvalue weighted by Gasteiger charge is 1.99. The van der Waals surface area contributed by atoms with Crippen molar-refractivity contribution in [3.8, 4) is 0 Å². The second kappa shape index (κ2) is 10.0. The summed E-state index contributed by atoms with van der Waals surface area (Å²) in [7, 11) is 2.02. The summed E-state index contributed by atoms with van der Waals surface area (Å²) in [5.41, 5.74) is 0. The predicted molar refractivity (Wildman–Crippen MR) is 60.1 cm³/mol. The third-order valence-electron chi connectivity index (χ3n) is 2.36. The van der Waals surface area contributed by atoms with Crippen LogP contribution in [0.4, 0.5) is 0 Å². The van der Waals surface area contributed by atoms with Gasteiger partial charge in [-0.1, -0.05) is 13.8 Å². The van der Waals surface area contributed by atoms with Crippen LogP contribution in [0.3, 0.4) is 0 Å². The van der Waals surface area contributed by atoms with Gasteiger partial charge in [0.2, 0.25) is 0 Å². The van der Waals surface area contributed by atoms with E-state index in [0.29, 0.717) is 0 Å². The Balaban J connectivity index is 3.03. The van der Waals surface area contributed by atoms with Gasteiger partial charge in [0.05, 0.1) is 0 Å². The molecular formula is C11H26N2. The van der Waals surface area contributed by atoms with Gasteiger partial charge in [0.25, 0.3) is 0 Å². The molecule has 0 bridgehead atoms. The molecule has 0 heterocycles. The Morgan fingerprint density at radius 3 is 2.46 bits per heavy atom. The molecule has 0 rings (SSSR count). The zero-order chi connectivity index (χ0) is 9.94. The quantitative estimate of drug-likeness (QED) is 0.538. The van der Waals surface area contributed by atoms with E-state index in [-0.39, 0.29) is 0 Å². The maximum absolute atomic E-state index is 3.43. The van der Waals surface area contributed by atoms with Crippen molar-refractivity contribution in [1.29, 1.82) is 0 Å². The van der Waals surface area contributed by atoms with E-state index in [1.807, 2.05) is 7.05 Å². The standard InChI is InChI=1S/C11H26N2/c1-4-8-13-9-5-6-11(2)7-10-12-3/h11-13H,4-10H2,1-3H3. The van der Waals surface area contributed by atoms with Crippen molar-refractivity contribution < 1.29 is 0 Å². The molecule has 0 aromatic carbocycles. The van der Waals surface area contributed by atoms with Crippen LogP contribution in [0.1, 0.15) is 39.5 Å². The fourth-order valence-electron chi connectivity index (χ4n) is 1.41. The molecular weight excluding hydrogens is 160 g/mol. The zero-order valence-electron chi connectivity index (χ0n) is 9.53. The summed E-state index contributed by atoms with van der Waals surface area (Å²) in [5.74, 6) is 0.871. The van der Waals surface area contributed by atoms with E-state index in [4.69, 9.17) is 0 Å². The predicted octanol–water partition coefficient (Wildman–Crippen LogP) is 2.01. The van der Waals surface area contributed by atoms with Crippen LogP contribution in [-0.4, -0.2) is 26.7 Å². The molecule has 2 nitrogen and oxygen atoms in total. The van der Waals surface area contributed by atoms with Gasteiger partial charge in [0, 0.05) is 0 Å². The molecule has 1 atom stereocenters. The highest BCUT2D eigenvalue weighted by atomic mass is 14.8. The first kappa shape index (κ1) is 12.9. The Morgan fingerprint density at radius 2 is 1.85 bits per heavy atom. The Hall–Kier alpha value is -0.0800. The van der Waals surface area contributed by atoms with Crippen LogP contribution in [0, 0.1) is 5.92 Å². The van der Waals surface area contributed by atoms with E-state index in [9.17, 15) is 0 Å². The molecule has 0 spiro atoms. The molecule has 1 unspecified atom stereocenters. The highest BCUT2D eigenvalue weighted by molar-refractivity contribution is 4.56. The molecule has 0 radical (unpaired) electrons. The largest absolute Gasteiger partial charge is 0.320 e. The maximum Gasteiger partial charge on any atom is -0.00488 e. The lowest BCUT2D eigenvalue weighted by molar-refractivity contribution is 0.456. The first-order valence-electron chi connectivity index (χ1n) is 5.66. The van der Waals surface area contributed by atoms with E-state index < -0.39 is 0 Å². The van der Waals surface area contributed by atoms with E-state index in [2.05, 4.69) is 24.5 Å². The third-order valence-corrected chi connectivity index (χ3v) is 2.36. The van der Waals surface area contributed by atoms with Crippen LogP contribution in [0.5, 0.6) is 0 Å². The fraction of sp³-hybridized carbons (Fsp3) is 1.00. The van der Waals surface area contributed by atoms with Crippen LogP contribution in [0.25, 0.3) is 0 Å². The topological polar surface area (TPSA) is 24.1 Å². The van der Waals surface area contributed by atoms with Crippen molar-refractivity contribution >= 4 is 0 Å². The summed E-state index contributed by atoms with van der Waals surface area (Å²) in [6.07, 6.45) is 5.24. The summed E-state index contributed by atoms with van der Waals surface area (Å²) >= 11 is 0. The summed E-state index contributed by atoms with van der Waals surface area (Å²) in [5, 5.41) is 6.62. The SMILES string of the molecule is CCCNCCCC(C)CCNC. The Kier molecular flexibility index (Phi) is 9.94. The molecule has 0 aromatic heterocycles. The highest BCUT2D eigenvalue weighted by Crippen LogP contribution is 2.08. The second-order valence-electron chi connectivity index (χ2n) is 3.89. The van der Waals surface area contributed by atoms with Gasteiger partial charge in [-0.3, -0.25) is 0 Å². The van der Waals surface area contributed by atoms with Crippen LogP contribution < -0.4 is 10.6 Å². The van der Waals surface area contributed by atoms with E-state index in [1.165, 1.54) is 38.8 Å². The van der Waals surface area contributed by atoms with Crippen LogP contribution >= 0.6 is 0 Å². The second-order valence-corrected chi connectivity index (χ2v) is 3.89. The molecule has 2 heteroatoms. The van der Waals surface area contributed by atoms with Gasteiger partial charge in [0.1, 0.15) is 0 Å². The average Bonchev–Trinajstić information content (AvgIpc) is 2.14. The molecule has 0 aromatic rings. The van der Waals surface area contributed by atoms with Crippen LogP contribution in [0.2, 0.25) is 0 Å². The van der Waals surface area contributed by atoms with Crippen molar-refractivity contribution in [1.82, 2.24) is 10.6 Å². The van der Waals surface area contributed by atoms with Gasteiger partial charge >= 0.3 is 0 Å². The van der Waals surface area contributed by atoms with Crippen molar-refractivity contribution in [2.75, 3.05) is 26.7 Å². The van der Waals surface area contributed by atoms with Crippen molar-refractivity contribution in [2.24, 2.45) is 5.92 Å². The number of rotatable bonds is 9. The van der Waals surface area contributed by atoms with Gasteiger partial charge in [-0.2, -0.15) is 0 Å². The van der Waals surface area contributed by atoms with Crippen molar-refractivity contribution in [3.63, 3.8) is 0 Å². The zero-order valence-corrected chi connectivity index (χ0v) is 9.53. The lowest BCUT2D eigenvalue weighted by Crippen LogP contribution is -2.17. The van der Waals surface area contributed by atoms with E-state index in [0.717, 1.165) is 12.5 Å². The van der Waals surface area contributed by atoms with Crippen molar-refractivity contribution in [3.05, 3.63) is 0 Å². The number of hydrogen-bond donors (Lipinski definition) is 2. The molecule has 13 heavy (non-hydrogen) atoms. The Labute approximate surface area is 83.5 Å². The number of nitrogens with one attached hydrogen (secondary N) is 2. The Bertz CT molecular complexity index is 94.1. The lowest BCUT2D eigenvalue weighted by Gasteiger charge is -2.10. The molecule has 0 aliphatic heterocycles. The lowest BCUT2D eigenvalue weighted by atomic mass is 10.0. The molecule has 0 saturated heterocycles. The van der Waals surface area contributed by atoms with E-state index >= 15 is 0 Å². The molecule has 0 aliphatic rings. The average molecular weight is 186 g/mol. The molecule has 0 saturated carbocycles. The summed E-state index contributed by atoms with van der Waals surface area (Å²) in [4.78, 5) is 0. The first-order valence-corrected chi connectivity index (χ1v) is 5.66. The third kappa shape index (κ3) is 9.84. The maximum atomic E-state index is 3.43. The Morgan fingerprint density at radius 1 is 1.08 bits per heavy atom. The smallest absolute Gasteiger partial charge is 0.00488 e. The minimum atomic E-state index is 0.871. The molecule has 0 aliphatic carbocycles. The first-order chi connectivity index (χ1) is 6.31. The van der Waals surface area contributed by atoms with E-state index in [1.54, 1.807) is 0 Å². The van der Waals surface area contributed by atoms with Gasteiger partial charge in [0.15, 0.2) is 0 Å². The summed E-state index contributed by atoms with van der Waals surface area (Å²) in [6, 6.07) is 0. The minimum Gasteiger partial charge on any atom is -0.320 e. The summed E-state index contributed by atoms with van der Waals surface area (Å²) in [6.45, 7) is 8.08. The monoisotopic (exact) mass is 186 g/mol. The van der Waals surface area contributed by atoms with Gasteiger partial charge in [-0.05, 0) is 58.3 Å². The molecule has 2 N–H and O–H groups in total. The molecule has 0 fully saturated rings. The normalized spacial score (nSPS) is 13.2. The van der Waals surface area contributed by atoms with Crippen molar-refractivity contribution in [2.45, 2.75) is 39.5 Å². The minimum absolute atomic E-state index is 0.871. The fourth-order valence-corrected chi connectivity index (χ4v) is 1.41. The van der Waals surface area contributed by atoms with Gasteiger partial charge in [-0.25, -0.2) is 0 Å². The van der Waals surface area contributed by atoms with Crippen LogP contribution in [-0.2, 0) is 0 Å². The van der Waals surface area contributed by atoms with Crippen LogP contribution in [0.15, 0.2) is 0 Å². The molecule has 0 amide bonds.